The van der Waals surface area contributed by atoms with Gasteiger partial charge in [0.25, 0.3) is 0 Å². The molecule has 0 bridgehead atoms. The summed E-state index contributed by atoms with van der Waals surface area (Å²) in [4.78, 5) is 4.37. The molecular weight excluding hydrogens is 464 g/mol. The van der Waals surface area contributed by atoms with E-state index in [0.717, 1.165) is 11.3 Å². The lowest BCUT2D eigenvalue weighted by Crippen LogP contribution is -2.48. The summed E-state index contributed by atoms with van der Waals surface area (Å²) >= 11 is 0. The summed E-state index contributed by atoms with van der Waals surface area (Å²) in [6.07, 6.45) is 1.13. The fraction of sp³-hybridized carbons (Fsp3) is 0.250. The molecule has 0 saturated heterocycles. The van der Waals surface area contributed by atoms with Gasteiger partial charge in [-0.2, -0.15) is 0 Å². The van der Waals surface area contributed by atoms with E-state index in [1.54, 1.807) is 37.6 Å². The van der Waals surface area contributed by atoms with E-state index in [1.807, 2.05) is 31.2 Å². The number of para-hydroxylation sites is 1. The molecule has 2 atom stereocenters. The van der Waals surface area contributed by atoms with E-state index >= 15 is 0 Å². The molecule has 188 valence electrons. The van der Waals surface area contributed by atoms with E-state index in [9.17, 15) is 13.9 Å². The Morgan fingerprint density at radius 3 is 2.42 bits per heavy atom. The van der Waals surface area contributed by atoms with Crippen molar-refractivity contribution in [3.8, 4) is 11.5 Å². The predicted octanol–water partition coefficient (Wildman–Crippen LogP) is 4.64. The SMILES string of the molecule is COc1ccc(CC(C)(N)CNC(O)c2ccnc3c(OCc4c(F)cccc4F)cccc23)cc1. The van der Waals surface area contributed by atoms with Crippen LogP contribution in [0.25, 0.3) is 10.9 Å². The predicted molar refractivity (Wildman–Crippen MR) is 135 cm³/mol. The molecular formula is C28H29F2N3O3. The number of aromatic nitrogens is 1. The van der Waals surface area contributed by atoms with Gasteiger partial charge < -0.3 is 20.3 Å². The van der Waals surface area contributed by atoms with Gasteiger partial charge in [0.1, 0.15) is 41.5 Å². The lowest BCUT2D eigenvalue weighted by atomic mass is 9.93. The number of aliphatic hydroxyl groups excluding tert-OH is 1. The molecule has 4 rings (SSSR count). The first kappa shape index (κ1) is 25.5. The van der Waals surface area contributed by atoms with Crippen molar-refractivity contribution < 1.29 is 23.4 Å². The Bertz CT molecular complexity index is 1310. The number of methoxy groups -OCH3 is 1. The van der Waals surface area contributed by atoms with Gasteiger partial charge in [-0.1, -0.05) is 30.3 Å². The number of pyridine rings is 1. The van der Waals surface area contributed by atoms with Gasteiger partial charge in [-0.25, -0.2) is 8.78 Å². The van der Waals surface area contributed by atoms with E-state index < -0.39 is 23.4 Å². The minimum absolute atomic E-state index is 0.161. The van der Waals surface area contributed by atoms with Gasteiger partial charge in [-0.3, -0.25) is 10.3 Å². The number of fused-ring (bicyclic) bond motifs is 1. The summed E-state index contributed by atoms with van der Waals surface area (Å²) < 4.78 is 38.9. The smallest absolute Gasteiger partial charge is 0.146 e. The molecule has 0 aliphatic heterocycles. The first-order valence-corrected chi connectivity index (χ1v) is 11.5. The van der Waals surface area contributed by atoms with Crippen LogP contribution in [0.15, 0.2) is 72.9 Å². The number of halogens is 2. The van der Waals surface area contributed by atoms with Gasteiger partial charge in [-0.05, 0) is 55.3 Å². The van der Waals surface area contributed by atoms with Crippen molar-refractivity contribution >= 4 is 10.9 Å². The molecule has 0 saturated carbocycles. The lowest BCUT2D eigenvalue weighted by Gasteiger charge is -2.27. The number of nitrogens with two attached hydrogens (primary N) is 1. The zero-order valence-corrected chi connectivity index (χ0v) is 20.2. The highest BCUT2D eigenvalue weighted by Crippen LogP contribution is 2.29. The molecule has 2 unspecified atom stereocenters. The van der Waals surface area contributed by atoms with E-state index in [2.05, 4.69) is 10.3 Å². The summed E-state index contributed by atoms with van der Waals surface area (Å²) in [5.74, 6) is -0.226. The van der Waals surface area contributed by atoms with E-state index in [0.29, 0.717) is 35.2 Å². The average molecular weight is 494 g/mol. The van der Waals surface area contributed by atoms with E-state index in [1.165, 1.54) is 18.2 Å². The van der Waals surface area contributed by atoms with Crippen molar-refractivity contribution in [3.63, 3.8) is 0 Å². The Hall–Kier alpha value is -3.59. The van der Waals surface area contributed by atoms with Crippen LogP contribution in [0.5, 0.6) is 11.5 Å². The van der Waals surface area contributed by atoms with Crippen molar-refractivity contribution in [2.75, 3.05) is 13.7 Å². The van der Waals surface area contributed by atoms with Crippen LogP contribution in [0, 0.1) is 11.6 Å². The van der Waals surface area contributed by atoms with Gasteiger partial charge >= 0.3 is 0 Å². The molecule has 0 radical (unpaired) electrons. The number of rotatable bonds is 10. The van der Waals surface area contributed by atoms with Gasteiger partial charge in [-0.15, -0.1) is 0 Å². The zero-order chi connectivity index (χ0) is 25.7. The van der Waals surface area contributed by atoms with Gasteiger partial charge in [0.2, 0.25) is 0 Å². The van der Waals surface area contributed by atoms with Crippen molar-refractivity contribution in [3.05, 3.63) is 101 Å². The monoisotopic (exact) mass is 493 g/mol. The highest BCUT2D eigenvalue weighted by molar-refractivity contribution is 5.87. The minimum atomic E-state index is -1.02. The van der Waals surface area contributed by atoms with E-state index in [-0.39, 0.29) is 12.2 Å². The van der Waals surface area contributed by atoms with Crippen LogP contribution in [0.3, 0.4) is 0 Å². The molecule has 3 aromatic carbocycles. The molecule has 4 N–H and O–H groups in total. The second-order valence-corrected chi connectivity index (χ2v) is 9.00. The highest BCUT2D eigenvalue weighted by Gasteiger charge is 2.22. The molecule has 6 nitrogen and oxygen atoms in total. The minimum Gasteiger partial charge on any atom is -0.497 e. The number of nitrogens with one attached hydrogen (secondary N) is 1. The largest absolute Gasteiger partial charge is 0.497 e. The summed E-state index contributed by atoms with van der Waals surface area (Å²) in [7, 11) is 1.62. The number of aliphatic hydroxyl groups is 1. The van der Waals surface area contributed by atoms with Crippen LogP contribution in [0.4, 0.5) is 8.78 Å². The maximum absolute atomic E-state index is 14.0. The van der Waals surface area contributed by atoms with Gasteiger partial charge in [0.15, 0.2) is 0 Å². The Labute approximate surface area is 208 Å². The summed E-state index contributed by atoms with van der Waals surface area (Å²) in [5, 5.41) is 14.7. The standard InChI is InChI=1S/C28H29F2N3O3/c1-28(31,15-18-9-11-19(35-2)12-10-18)17-33-27(34)21-13-14-32-26-20(21)5-3-8-25(26)36-16-22-23(29)6-4-7-24(22)30/h3-14,27,33-34H,15-17,31H2,1-2H3. The fourth-order valence-electron chi connectivity index (χ4n) is 4.06. The summed E-state index contributed by atoms with van der Waals surface area (Å²) in [5.41, 5.74) is 7.83. The number of hydrogen-bond donors (Lipinski definition) is 3. The Balaban J connectivity index is 1.47. The number of ether oxygens (including phenoxy) is 2. The number of nitrogens with zero attached hydrogens (tertiary/aromatic N) is 1. The topological polar surface area (TPSA) is 89.6 Å². The van der Waals surface area contributed by atoms with Crippen LogP contribution in [-0.4, -0.2) is 29.3 Å². The maximum Gasteiger partial charge on any atom is 0.146 e. The Morgan fingerprint density at radius 2 is 1.72 bits per heavy atom. The van der Waals surface area contributed by atoms with Crippen molar-refractivity contribution in [1.82, 2.24) is 10.3 Å². The second kappa shape index (κ2) is 11.0. The summed E-state index contributed by atoms with van der Waals surface area (Å²) in [6, 6.07) is 18.3. The molecule has 1 heterocycles. The quantitative estimate of drug-likeness (QED) is 0.279. The lowest BCUT2D eigenvalue weighted by molar-refractivity contribution is 0.131. The molecule has 4 aromatic rings. The van der Waals surface area contributed by atoms with Crippen molar-refractivity contribution in [2.45, 2.75) is 31.7 Å². The summed E-state index contributed by atoms with van der Waals surface area (Å²) in [6.45, 7) is 1.96. The van der Waals surface area contributed by atoms with Crippen LogP contribution in [-0.2, 0) is 13.0 Å². The first-order valence-electron chi connectivity index (χ1n) is 11.5. The van der Waals surface area contributed by atoms with Crippen LogP contribution < -0.4 is 20.5 Å². The molecule has 0 amide bonds. The zero-order valence-electron chi connectivity index (χ0n) is 20.2. The average Bonchev–Trinajstić information content (AvgIpc) is 2.87. The van der Waals surface area contributed by atoms with Gasteiger partial charge in [0.05, 0.1) is 12.7 Å². The van der Waals surface area contributed by atoms with Crippen molar-refractivity contribution in [1.29, 1.82) is 0 Å². The molecule has 1 aromatic heterocycles. The Morgan fingerprint density at radius 1 is 1.03 bits per heavy atom. The van der Waals surface area contributed by atoms with Crippen LogP contribution in [0.2, 0.25) is 0 Å². The van der Waals surface area contributed by atoms with Crippen molar-refractivity contribution in [2.24, 2.45) is 5.73 Å². The van der Waals surface area contributed by atoms with Crippen LogP contribution in [0.1, 0.15) is 29.8 Å². The number of hydrogen-bond acceptors (Lipinski definition) is 6. The molecule has 0 fully saturated rings. The molecule has 0 spiro atoms. The normalized spacial score (nSPS) is 13.8. The molecule has 0 aliphatic rings. The Kier molecular flexibility index (Phi) is 7.79. The molecule has 0 aliphatic carbocycles. The molecule has 8 heteroatoms. The van der Waals surface area contributed by atoms with E-state index in [4.69, 9.17) is 15.2 Å². The fourth-order valence-corrected chi connectivity index (χ4v) is 4.06. The first-order chi connectivity index (χ1) is 17.3. The molecule has 36 heavy (non-hydrogen) atoms. The third kappa shape index (κ3) is 5.96. The highest BCUT2D eigenvalue weighted by atomic mass is 19.1. The maximum atomic E-state index is 14.0. The third-order valence-corrected chi connectivity index (χ3v) is 5.96. The number of benzene rings is 3. The second-order valence-electron chi connectivity index (χ2n) is 9.00. The van der Waals surface area contributed by atoms with Crippen LogP contribution >= 0.6 is 0 Å². The third-order valence-electron chi connectivity index (χ3n) is 5.96. The van der Waals surface area contributed by atoms with Gasteiger partial charge in [0, 0.05) is 29.2 Å².